The Balaban J connectivity index is 0.753. The van der Waals surface area contributed by atoms with Gasteiger partial charge in [-0.2, -0.15) is 0 Å². The zero-order valence-corrected chi connectivity index (χ0v) is 60.4. The van der Waals surface area contributed by atoms with Crippen molar-refractivity contribution < 1.29 is 27.4 Å². The van der Waals surface area contributed by atoms with Crippen LogP contribution in [0.1, 0.15) is 265 Å². The zero-order chi connectivity index (χ0) is 66.3. The standard InChI is InChI=1S/C90H132N6/c1-7-19-31-43-67-91-73-50-62-86(80-91)56-38-26-14-3-9-21-33-45-69-93-75-52-64-88(82-93)58-40-28-16-5-11-23-35-47-71-95-77-54-66-90(84-95)60-42-30-18-6-12-24-36-48-72-96-78-53-65-89(83-96)59-41-29-17-4-10-22-34-46-70-94-76-51-63-87(81-94)57-39-27-15-2-8-20-32-44-68-92-74-49-61-85(79-92)55-37-25-13-1/h19-24,31-36,49-54,61-66,73-84H,1-18,25-30,37-48,55-60,67-72H2/q+6. The number of hydrogen-bond donors (Lipinski definition) is 0. The lowest BCUT2D eigenvalue weighted by atomic mass is 10.1. The maximum Gasteiger partial charge on any atom is 0.171 e. The highest BCUT2D eigenvalue weighted by molar-refractivity contribution is 5.09. The largest absolute Gasteiger partial charge is 0.205 e. The van der Waals surface area contributed by atoms with Crippen LogP contribution in [0.3, 0.4) is 0 Å². The second kappa shape index (κ2) is 52.5. The first kappa shape index (κ1) is 76.7. The van der Waals surface area contributed by atoms with Crippen molar-refractivity contribution in [1.29, 1.82) is 0 Å². The number of nitrogens with zero attached hydrogens (tertiary/aromatic N) is 6. The zero-order valence-electron chi connectivity index (χ0n) is 60.4. The molecule has 0 fully saturated rings. The Morgan fingerprint density at radius 1 is 0.156 bits per heavy atom. The highest BCUT2D eigenvalue weighted by Gasteiger charge is 2.09. The van der Waals surface area contributed by atoms with Gasteiger partial charge in [-0.3, -0.25) is 0 Å². The summed E-state index contributed by atoms with van der Waals surface area (Å²) in [4.78, 5) is 0. The molecule has 516 valence electrons. The molecule has 0 unspecified atom stereocenters. The Morgan fingerprint density at radius 3 is 0.469 bits per heavy atom. The monoisotopic (exact) mass is 1300 g/mol. The molecule has 0 N–H and O–H groups in total. The minimum Gasteiger partial charge on any atom is -0.205 e. The van der Waals surface area contributed by atoms with E-state index < -0.39 is 0 Å². The van der Waals surface area contributed by atoms with Crippen LogP contribution in [0, 0.1) is 0 Å². The maximum absolute atomic E-state index is 2.42. The number of fused-ring (bicyclic) bond motifs is 12. The Labute approximate surface area is 586 Å². The molecule has 96 heavy (non-hydrogen) atoms. The quantitative estimate of drug-likeness (QED) is 0.107. The van der Waals surface area contributed by atoms with Gasteiger partial charge in [0.15, 0.2) is 114 Å². The van der Waals surface area contributed by atoms with Crippen molar-refractivity contribution in [3.05, 3.63) is 253 Å². The molecule has 0 radical (unpaired) electrons. The predicted molar refractivity (Wildman–Crippen MR) is 403 cm³/mol. The summed E-state index contributed by atoms with van der Waals surface area (Å²) in [5.74, 6) is 0. The molecule has 6 aromatic heterocycles. The molecule has 0 aliphatic carbocycles. The average molecular weight is 1300 g/mol. The van der Waals surface area contributed by atoms with Crippen LogP contribution in [0.5, 0.6) is 0 Å². The number of aryl methyl sites for hydroxylation is 12. The van der Waals surface area contributed by atoms with Crippen LogP contribution < -0.4 is 27.4 Å². The summed E-state index contributed by atoms with van der Waals surface area (Å²) in [5.41, 5.74) is 8.87. The van der Waals surface area contributed by atoms with E-state index in [-0.39, 0.29) is 0 Å². The Kier molecular flexibility index (Phi) is 41.9. The first-order valence-electron chi connectivity index (χ1n) is 39.5. The Hall–Kier alpha value is -6.66. The molecule has 6 aromatic rings. The van der Waals surface area contributed by atoms with E-state index in [1.807, 2.05) is 0 Å². The van der Waals surface area contributed by atoms with Crippen molar-refractivity contribution in [1.82, 2.24) is 0 Å². The molecule has 0 spiro atoms. The molecular formula is C90H132N6+6. The molecule has 0 saturated carbocycles. The van der Waals surface area contributed by atoms with E-state index in [1.165, 1.54) is 265 Å². The molecule has 7 rings (SSSR count). The van der Waals surface area contributed by atoms with Crippen molar-refractivity contribution in [3.63, 3.8) is 0 Å². The summed E-state index contributed by atoms with van der Waals surface area (Å²) >= 11 is 0. The van der Waals surface area contributed by atoms with Crippen molar-refractivity contribution in [2.24, 2.45) is 0 Å². The van der Waals surface area contributed by atoms with Crippen LogP contribution in [-0.4, -0.2) is 0 Å². The Morgan fingerprint density at radius 2 is 0.302 bits per heavy atom. The summed E-state index contributed by atoms with van der Waals surface area (Å²) in [6.45, 7) is 6.39. The SMILES string of the molecule is C1=CCC[n+]2cccc(c2)CCCCCCC=CCC[n+]2cccc(c2)CCCCCCC=CCC[n+]2cccc(c2)CCCCCCC=CCC[n+]2cccc(c2)CCCCCCC=CCC[n+]2cccc(c2)CCCCCCC=CCC[n+]2cccc(c2)CCCCCC1. The van der Waals surface area contributed by atoms with Gasteiger partial charge in [-0.15, -0.1) is 0 Å². The van der Waals surface area contributed by atoms with Gasteiger partial charge in [0.1, 0.15) is 0 Å². The molecular weight excluding hydrogens is 1170 g/mol. The predicted octanol–water partition coefficient (Wildman–Crippen LogP) is 20.6. The highest BCUT2D eigenvalue weighted by Crippen LogP contribution is 2.15. The van der Waals surface area contributed by atoms with E-state index in [0.29, 0.717) is 0 Å². The number of allylic oxidation sites excluding steroid dienone is 12. The van der Waals surface area contributed by atoms with Crippen molar-refractivity contribution in [2.45, 2.75) is 309 Å². The molecule has 1 aliphatic heterocycles. The highest BCUT2D eigenvalue weighted by atomic mass is 14.9. The third kappa shape index (κ3) is 37.7. The van der Waals surface area contributed by atoms with Gasteiger partial charge < -0.3 is 0 Å². The van der Waals surface area contributed by atoms with Crippen molar-refractivity contribution in [3.8, 4) is 0 Å². The topological polar surface area (TPSA) is 23.3 Å². The minimum atomic E-state index is 1.06. The van der Waals surface area contributed by atoms with E-state index in [9.17, 15) is 0 Å². The van der Waals surface area contributed by atoms with Gasteiger partial charge in [-0.1, -0.05) is 150 Å². The number of rotatable bonds is 0. The van der Waals surface area contributed by atoms with E-state index >= 15 is 0 Å². The summed E-state index contributed by atoms with van der Waals surface area (Å²) in [6.07, 6.45) is 109. The molecule has 6 nitrogen and oxygen atoms in total. The summed E-state index contributed by atoms with van der Waals surface area (Å²) in [7, 11) is 0. The molecule has 7 heterocycles. The average Bonchev–Trinajstić information content (AvgIpc) is 3.81. The fraction of sp³-hybridized carbons (Fsp3) is 0.533. The molecule has 0 atom stereocenters. The number of hydrogen-bond acceptors (Lipinski definition) is 0. The normalized spacial score (nSPS) is 18.2. The summed E-state index contributed by atoms with van der Waals surface area (Å²) in [6, 6.07) is 27.4. The lowest BCUT2D eigenvalue weighted by molar-refractivity contribution is -0.696. The first-order valence-corrected chi connectivity index (χ1v) is 39.5. The second-order valence-electron chi connectivity index (χ2n) is 28.0. The minimum absolute atomic E-state index is 1.06. The van der Waals surface area contributed by atoms with Gasteiger partial charge in [0, 0.05) is 108 Å². The van der Waals surface area contributed by atoms with Gasteiger partial charge in [0.25, 0.3) is 0 Å². The van der Waals surface area contributed by atoms with Crippen LogP contribution in [-0.2, 0) is 77.8 Å². The second-order valence-corrected chi connectivity index (χ2v) is 28.0. The fourth-order valence-electron chi connectivity index (χ4n) is 13.6. The molecule has 12 bridgehead atoms. The van der Waals surface area contributed by atoms with E-state index in [0.717, 1.165) is 77.8 Å². The molecule has 0 amide bonds. The van der Waals surface area contributed by atoms with E-state index in [4.69, 9.17) is 0 Å². The number of aromatic nitrogens is 6. The van der Waals surface area contributed by atoms with Gasteiger partial charge >= 0.3 is 0 Å². The maximum atomic E-state index is 2.42. The molecule has 1 aliphatic rings. The third-order valence-corrected chi connectivity index (χ3v) is 19.4. The lowest BCUT2D eigenvalue weighted by Gasteiger charge is -2.02. The molecule has 0 aromatic carbocycles. The van der Waals surface area contributed by atoms with Gasteiger partial charge in [0.05, 0.1) is 0 Å². The van der Waals surface area contributed by atoms with Crippen LogP contribution in [0.15, 0.2) is 220 Å². The fourth-order valence-corrected chi connectivity index (χ4v) is 13.6. The van der Waals surface area contributed by atoms with E-state index in [2.05, 4.69) is 247 Å². The van der Waals surface area contributed by atoms with Gasteiger partial charge in [-0.25, -0.2) is 27.4 Å². The van der Waals surface area contributed by atoms with Crippen molar-refractivity contribution >= 4 is 0 Å². The molecule has 6 heteroatoms. The Bertz CT molecular complexity index is 2590. The van der Waals surface area contributed by atoms with Crippen LogP contribution in [0.2, 0.25) is 0 Å². The van der Waals surface area contributed by atoms with Crippen LogP contribution in [0.4, 0.5) is 0 Å². The van der Waals surface area contributed by atoms with Crippen LogP contribution >= 0.6 is 0 Å². The lowest BCUT2D eigenvalue weighted by Crippen LogP contribution is -2.32. The third-order valence-electron chi connectivity index (χ3n) is 19.4. The summed E-state index contributed by atoms with van der Waals surface area (Å²) < 4.78 is 14.4. The summed E-state index contributed by atoms with van der Waals surface area (Å²) in [5, 5.41) is 0. The van der Waals surface area contributed by atoms with Gasteiger partial charge in [0.2, 0.25) is 0 Å². The smallest absolute Gasteiger partial charge is 0.171 e. The van der Waals surface area contributed by atoms with Gasteiger partial charge in [-0.05, 0) is 190 Å². The number of pyridine rings is 6. The molecule has 0 saturated heterocycles. The van der Waals surface area contributed by atoms with E-state index in [1.54, 1.807) is 0 Å². The van der Waals surface area contributed by atoms with Crippen molar-refractivity contribution in [2.75, 3.05) is 0 Å². The first-order chi connectivity index (χ1) is 47.7. The van der Waals surface area contributed by atoms with Crippen LogP contribution in [0.25, 0.3) is 0 Å².